The number of nitrogens with two attached hydrogens (primary N) is 2. The van der Waals surface area contributed by atoms with Crippen LogP contribution in [0.15, 0.2) is 35.3 Å². The van der Waals surface area contributed by atoms with E-state index in [9.17, 15) is 83.1 Å². The first kappa shape index (κ1) is 70.9. The minimum Gasteiger partial charge on any atom is -0.481 e. The number of nitrogens with one attached hydrogen (secondary N) is 7. The van der Waals surface area contributed by atoms with Gasteiger partial charge in [0.1, 0.15) is 30.2 Å². The number of carbonyl (C=O) groups is 12. The first-order valence-electron chi connectivity index (χ1n) is 27.5. The molecule has 0 spiro atoms. The molecule has 1 aromatic carbocycles. The van der Waals surface area contributed by atoms with E-state index in [-0.39, 0.29) is 103 Å². The lowest BCUT2D eigenvalue weighted by Crippen LogP contribution is -2.56. The van der Waals surface area contributed by atoms with Crippen molar-refractivity contribution in [2.24, 2.45) is 16.5 Å². The molecule has 83 heavy (non-hydrogen) atoms. The van der Waals surface area contributed by atoms with Gasteiger partial charge < -0.3 is 79.3 Å². The van der Waals surface area contributed by atoms with Crippen molar-refractivity contribution in [2.75, 3.05) is 78.5 Å². The van der Waals surface area contributed by atoms with Gasteiger partial charge in [-0.25, -0.2) is 19.2 Å². The molecule has 0 saturated carbocycles. The molecule has 1 heterocycles. The van der Waals surface area contributed by atoms with Crippen molar-refractivity contribution in [2.45, 2.75) is 133 Å². The van der Waals surface area contributed by atoms with E-state index >= 15 is 0 Å². The van der Waals surface area contributed by atoms with E-state index in [0.29, 0.717) is 83.4 Å². The largest absolute Gasteiger partial charge is 0.481 e. The van der Waals surface area contributed by atoms with E-state index < -0.39 is 109 Å². The summed E-state index contributed by atoms with van der Waals surface area (Å²) >= 11 is 0. The van der Waals surface area contributed by atoms with Crippen molar-refractivity contribution in [3.05, 3.63) is 35.9 Å². The number of aliphatic carboxylic acids is 6. The van der Waals surface area contributed by atoms with Gasteiger partial charge in [-0.2, -0.15) is 0 Å². The summed E-state index contributed by atoms with van der Waals surface area (Å²) in [7, 11) is 0. The summed E-state index contributed by atoms with van der Waals surface area (Å²) < 4.78 is 0. The molecule has 0 aliphatic carbocycles. The fraction of sp³-hybridized carbons (Fsp3) is 0.635. The van der Waals surface area contributed by atoms with Crippen LogP contribution in [-0.2, 0) is 59.2 Å². The van der Waals surface area contributed by atoms with Crippen LogP contribution < -0.4 is 48.7 Å². The first-order chi connectivity index (χ1) is 39.4. The van der Waals surface area contributed by atoms with Crippen LogP contribution in [0.3, 0.4) is 0 Å². The molecule has 7 amide bonds. The Morgan fingerprint density at radius 2 is 0.904 bits per heavy atom. The van der Waals surface area contributed by atoms with Crippen LogP contribution in [-0.4, -0.2) is 231 Å². The number of nitrogens with zero attached hydrogens (tertiary/aromatic N) is 4. The van der Waals surface area contributed by atoms with Gasteiger partial charge in [-0.3, -0.25) is 58.0 Å². The molecule has 1 aromatic rings. The highest BCUT2D eigenvalue weighted by molar-refractivity contribution is 5.93. The van der Waals surface area contributed by atoms with E-state index in [0.717, 1.165) is 0 Å². The second-order valence-corrected chi connectivity index (χ2v) is 19.9. The molecule has 31 nitrogen and oxygen atoms in total. The normalized spacial score (nSPS) is 14.9. The molecule has 0 aromatic heterocycles. The standard InChI is InChI=1S/C52H83N13O18/c53-51(54)57-23-11-15-35(46(75)60-36(48(77)78)14-8-10-22-56-42(68)31-63-24-26-64(32-44(71)72)28-29-65(27-25-63)33-45(73)74)59-47(76)39(30-34-12-5-4-6-13-34)58-41(67)16-7-2-1-3-9-21-55-40(66)19-17-37(49(79)80)61-52(83)62-38(50(81)82)18-20-43(69)70/h4-6,12-13,35-39H,1-3,7-11,14-33H2,(H,55,66)(H,56,68)(H,58,67)(H,59,76)(H,60,75)(H,69,70)(H,71,72)(H,73,74)(H,77,78)(H,79,80)(H,81,82)(H4,53,54,57)(H2,61,62,83). The third-order valence-corrected chi connectivity index (χ3v) is 13.1. The maximum atomic E-state index is 14.0. The number of unbranched alkanes of at least 4 members (excludes halogenated alkanes) is 5. The van der Waals surface area contributed by atoms with E-state index in [1.807, 2.05) is 5.32 Å². The van der Waals surface area contributed by atoms with E-state index in [1.54, 1.807) is 45.0 Å². The summed E-state index contributed by atoms with van der Waals surface area (Å²) in [6.45, 7) is 2.07. The van der Waals surface area contributed by atoms with Crippen molar-refractivity contribution >= 4 is 77.3 Å². The second kappa shape index (κ2) is 40.1. The highest BCUT2D eigenvalue weighted by Crippen LogP contribution is 2.11. The number of benzene rings is 1. The molecule has 2 rings (SSSR count). The fourth-order valence-electron chi connectivity index (χ4n) is 8.57. The van der Waals surface area contributed by atoms with E-state index in [4.69, 9.17) is 16.6 Å². The number of carboxylic acid groups (broad SMARTS) is 6. The summed E-state index contributed by atoms with van der Waals surface area (Å²) in [5.74, 6) is -10.7. The monoisotopic (exact) mass is 1180 g/mol. The van der Waals surface area contributed by atoms with Gasteiger partial charge in [-0.15, -0.1) is 0 Å². The van der Waals surface area contributed by atoms with Crippen molar-refractivity contribution < 1.29 is 88.2 Å². The van der Waals surface area contributed by atoms with Gasteiger partial charge in [0.2, 0.25) is 29.5 Å². The van der Waals surface area contributed by atoms with Crippen molar-refractivity contribution in [1.29, 1.82) is 0 Å². The molecule has 5 unspecified atom stereocenters. The van der Waals surface area contributed by atoms with Gasteiger partial charge in [-0.1, -0.05) is 49.6 Å². The van der Waals surface area contributed by atoms with Crippen LogP contribution in [0, 0.1) is 0 Å². The first-order valence-corrected chi connectivity index (χ1v) is 27.5. The Morgan fingerprint density at radius 1 is 0.446 bits per heavy atom. The van der Waals surface area contributed by atoms with Crippen LogP contribution in [0.1, 0.15) is 102 Å². The summed E-state index contributed by atoms with van der Waals surface area (Å²) in [6.07, 6.45) is 2.12. The number of hydrogen-bond donors (Lipinski definition) is 15. The van der Waals surface area contributed by atoms with Crippen molar-refractivity contribution in [1.82, 2.24) is 51.9 Å². The Kier molecular flexibility index (Phi) is 34.2. The number of guanidine groups is 1. The smallest absolute Gasteiger partial charge is 0.326 e. The Labute approximate surface area is 480 Å². The summed E-state index contributed by atoms with van der Waals surface area (Å²) in [6, 6.07) is 0.684. The molecular weight excluding hydrogens is 1090 g/mol. The lowest BCUT2D eigenvalue weighted by atomic mass is 10.0. The van der Waals surface area contributed by atoms with Gasteiger partial charge in [0, 0.05) is 84.6 Å². The number of urea groups is 1. The van der Waals surface area contributed by atoms with Crippen LogP contribution >= 0.6 is 0 Å². The molecular formula is C52H83N13O18. The predicted molar refractivity (Wildman–Crippen MR) is 296 cm³/mol. The molecule has 0 bridgehead atoms. The number of carboxylic acids is 6. The molecule has 464 valence electrons. The molecule has 1 aliphatic rings. The Balaban J connectivity index is 1.93. The number of rotatable bonds is 41. The van der Waals surface area contributed by atoms with Gasteiger partial charge >= 0.3 is 41.8 Å². The highest BCUT2D eigenvalue weighted by Gasteiger charge is 2.31. The van der Waals surface area contributed by atoms with Crippen LogP contribution in [0.4, 0.5) is 4.79 Å². The SMILES string of the molecule is NC(N)=NCCCC(NC(=O)C(Cc1ccccc1)NC(=O)CCCCCCCNC(=O)CCC(NC(=O)NC(CCC(=O)O)C(=O)O)C(=O)O)C(=O)NC(CCCCNC(=O)CN1CCN(CC(=O)O)CCN(CC(=O)O)CC1)C(=O)O. The van der Waals surface area contributed by atoms with Crippen LogP contribution in [0.25, 0.3) is 0 Å². The molecule has 31 heteroatoms. The van der Waals surface area contributed by atoms with Crippen LogP contribution in [0.2, 0.25) is 0 Å². The minimum atomic E-state index is -1.58. The number of aliphatic imine (C=N–C) groups is 1. The average Bonchev–Trinajstić information content (AvgIpc) is 3.59. The zero-order chi connectivity index (χ0) is 61.7. The Bertz CT molecular complexity index is 2300. The summed E-state index contributed by atoms with van der Waals surface area (Å²) in [4.78, 5) is 157. The number of amides is 7. The lowest BCUT2D eigenvalue weighted by molar-refractivity contribution is -0.143. The zero-order valence-electron chi connectivity index (χ0n) is 46.6. The maximum absolute atomic E-state index is 14.0. The van der Waals surface area contributed by atoms with Crippen molar-refractivity contribution in [3.63, 3.8) is 0 Å². The van der Waals surface area contributed by atoms with Gasteiger partial charge in [0.15, 0.2) is 5.96 Å². The predicted octanol–water partition coefficient (Wildman–Crippen LogP) is -2.50. The summed E-state index contributed by atoms with van der Waals surface area (Å²) in [5.41, 5.74) is 11.7. The van der Waals surface area contributed by atoms with E-state index in [2.05, 4.69) is 36.9 Å². The van der Waals surface area contributed by atoms with Crippen molar-refractivity contribution in [3.8, 4) is 0 Å². The third kappa shape index (κ3) is 33.4. The number of carbonyl (C=O) groups excluding carboxylic acids is 6. The molecule has 1 aliphatic heterocycles. The zero-order valence-corrected chi connectivity index (χ0v) is 46.6. The lowest BCUT2D eigenvalue weighted by Gasteiger charge is -2.25. The van der Waals surface area contributed by atoms with E-state index in [1.165, 1.54) is 0 Å². The quantitative estimate of drug-likeness (QED) is 0.0183. The molecule has 5 atom stereocenters. The maximum Gasteiger partial charge on any atom is 0.326 e. The Hall–Kier alpha value is -8.19. The van der Waals surface area contributed by atoms with Crippen LogP contribution in [0.5, 0.6) is 0 Å². The molecule has 0 radical (unpaired) electrons. The minimum absolute atomic E-state index is 0.0187. The fourth-order valence-corrected chi connectivity index (χ4v) is 8.57. The summed E-state index contributed by atoms with van der Waals surface area (Å²) in [5, 5.41) is 73.8. The molecule has 1 saturated heterocycles. The Morgan fingerprint density at radius 3 is 1.43 bits per heavy atom. The van der Waals surface area contributed by atoms with Gasteiger partial charge in [0.05, 0.1) is 19.6 Å². The third-order valence-electron chi connectivity index (χ3n) is 13.1. The second-order valence-electron chi connectivity index (χ2n) is 19.9. The molecule has 17 N–H and O–H groups in total. The topological polar surface area (TPSA) is 485 Å². The average molecular weight is 1180 g/mol. The highest BCUT2D eigenvalue weighted by atomic mass is 16.4. The van der Waals surface area contributed by atoms with Gasteiger partial charge in [0.25, 0.3) is 0 Å². The van der Waals surface area contributed by atoms with Gasteiger partial charge in [-0.05, 0) is 63.4 Å². The molecule has 1 fully saturated rings. The number of hydrogen-bond acceptors (Lipinski definition) is 16.